The van der Waals surface area contributed by atoms with E-state index in [1.165, 1.54) is 23.5 Å². The molecule has 0 amide bonds. The number of hydrogen-bond donors (Lipinski definition) is 1. The summed E-state index contributed by atoms with van der Waals surface area (Å²) in [6, 6.07) is 22.0. The first kappa shape index (κ1) is 21.0. The lowest BCUT2D eigenvalue weighted by Crippen LogP contribution is -2.09. The molecule has 0 aliphatic rings. The number of halogens is 1. The number of aromatic nitrogens is 1. The Bertz CT molecular complexity index is 1290. The molecule has 9 heteroatoms. The Morgan fingerprint density at radius 2 is 1.68 bits per heavy atom. The van der Waals surface area contributed by atoms with Crippen molar-refractivity contribution in [2.24, 2.45) is 5.10 Å². The predicted octanol–water partition coefficient (Wildman–Crippen LogP) is 5.68. The zero-order chi connectivity index (χ0) is 21.7. The molecule has 156 valence electrons. The van der Waals surface area contributed by atoms with Crippen LogP contribution in [0.1, 0.15) is 5.56 Å². The molecule has 1 heterocycles. The van der Waals surface area contributed by atoms with Gasteiger partial charge in [0.05, 0.1) is 11.9 Å². The Labute approximate surface area is 188 Å². The Kier molecular flexibility index (Phi) is 6.31. The topological polar surface area (TPSA) is 80.7 Å². The molecule has 0 bridgehead atoms. The normalized spacial score (nSPS) is 11.5. The van der Waals surface area contributed by atoms with Gasteiger partial charge in [-0.1, -0.05) is 41.9 Å². The molecule has 1 N–H and O–H groups in total. The first-order valence-electron chi connectivity index (χ1n) is 9.10. The van der Waals surface area contributed by atoms with E-state index in [9.17, 15) is 8.42 Å². The molecule has 3 aromatic carbocycles. The third kappa shape index (κ3) is 5.49. The fourth-order valence-corrected chi connectivity index (χ4v) is 4.36. The van der Waals surface area contributed by atoms with E-state index in [2.05, 4.69) is 15.5 Å². The van der Waals surface area contributed by atoms with E-state index in [0.29, 0.717) is 10.2 Å². The highest BCUT2D eigenvalue weighted by atomic mass is 35.5. The van der Waals surface area contributed by atoms with Crippen molar-refractivity contribution in [2.45, 2.75) is 4.90 Å². The van der Waals surface area contributed by atoms with Crippen molar-refractivity contribution in [3.05, 3.63) is 94.8 Å². The molecule has 0 unspecified atom stereocenters. The minimum Gasteiger partial charge on any atom is -0.379 e. The van der Waals surface area contributed by atoms with Crippen LogP contribution in [-0.2, 0) is 10.1 Å². The number of thiazole rings is 1. The summed E-state index contributed by atoms with van der Waals surface area (Å²) in [5, 5.41) is 7.43. The number of nitrogens with one attached hydrogen (secondary N) is 1. The Balaban J connectivity index is 1.37. The van der Waals surface area contributed by atoms with Gasteiger partial charge in [0.2, 0.25) is 5.13 Å². The van der Waals surface area contributed by atoms with Gasteiger partial charge in [0.25, 0.3) is 0 Å². The van der Waals surface area contributed by atoms with Gasteiger partial charge in [-0.2, -0.15) is 13.5 Å². The molecular weight excluding hydrogens is 454 g/mol. The second kappa shape index (κ2) is 9.30. The van der Waals surface area contributed by atoms with E-state index in [4.69, 9.17) is 15.8 Å². The maximum atomic E-state index is 12.3. The first-order valence-corrected chi connectivity index (χ1v) is 11.8. The molecule has 0 atom stereocenters. The van der Waals surface area contributed by atoms with Crippen LogP contribution in [0, 0.1) is 0 Å². The predicted molar refractivity (Wildman–Crippen MR) is 124 cm³/mol. The molecule has 0 radical (unpaired) electrons. The molecule has 4 rings (SSSR count). The molecule has 0 saturated carbocycles. The maximum absolute atomic E-state index is 12.3. The van der Waals surface area contributed by atoms with Crippen LogP contribution >= 0.6 is 22.9 Å². The summed E-state index contributed by atoms with van der Waals surface area (Å²) in [5.41, 5.74) is 5.47. The van der Waals surface area contributed by atoms with Gasteiger partial charge in [0.1, 0.15) is 10.6 Å². The van der Waals surface area contributed by atoms with Crippen LogP contribution in [0.15, 0.2) is 94.2 Å². The monoisotopic (exact) mass is 469 g/mol. The second-order valence-electron chi connectivity index (χ2n) is 6.33. The third-order valence-corrected chi connectivity index (χ3v) is 6.40. The Morgan fingerprint density at radius 3 is 2.39 bits per heavy atom. The molecule has 0 fully saturated rings. The molecule has 31 heavy (non-hydrogen) atoms. The molecule has 0 aliphatic carbocycles. The highest BCUT2D eigenvalue weighted by Gasteiger charge is 2.15. The summed E-state index contributed by atoms with van der Waals surface area (Å²) in [7, 11) is -3.86. The van der Waals surface area contributed by atoms with E-state index >= 15 is 0 Å². The molecule has 0 saturated heterocycles. The summed E-state index contributed by atoms with van der Waals surface area (Å²) in [6.45, 7) is 0. The number of hydrogen-bond acceptors (Lipinski definition) is 7. The zero-order valence-electron chi connectivity index (χ0n) is 16.0. The van der Waals surface area contributed by atoms with Gasteiger partial charge in [-0.05, 0) is 54.1 Å². The lowest BCUT2D eigenvalue weighted by atomic mass is 10.2. The van der Waals surface area contributed by atoms with E-state index in [0.717, 1.165) is 16.8 Å². The van der Waals surface area contributed by atoms with Crippen LogP contribution in [0.4, 0.5) is 5.13 Å². The van der Waals surface area contributed by atoms with Gasteiger partial charge in [-0.3, -0.25) is 5.43 Å². The SMILES string of the molecule is O=S(=O)(Oc1ccc(/C=N\Nc2nc(-c3ccc(Cl)cc3)cs2)cc1)c1ccccc1. The summed E-state index contributed by atoms with van der Waals surface area (Å²) in [6.07, 6.45) is 1.61. The van der Waals surface area contributed by atoms with Crippen LogP contribution in [-0.4, -0.2) is 19.6 Å². The molecule has 1 aromatic heterocycles. The lowest BCUT2D eigenvalue weighted by molar-refractivity contribution is 0.486. The Hall–Kier alpha value is -3.20. The summed E-state index contributed by atoms with van der Waals surface area (Å²) >= 11 is 7.35. The molecule has 6 nitrogen and oxygen atoms in total. The first-order chi connectivity index (χ1) is 15.0. The smallest absolute Gasteiger partial charge is 0.339 e. The fraction of sp³-hybridized carbons (Fsp3) is 0. The van der Waals surface area contributed by atoms with Gasteiger partial charge in [0, 0.05) is 16.0 Å². The molecule has 0 aliphatic heterocycles. The van der Waals surface area contributed by atoms with Crippen molar-refractivity contribution in [3.8, 4) is 17.0 Å². The van der Waals surface area contributed by atoms with Gasteiger partial charge in [-0.15, -0.1) is 11.3 Å². The van der Waals surface area contributed by atoms with Gasteiger partial charge >= 0.3 is 10.1 Å². The third-order valence-electron chi connectivity index (χ3n) is 4.14. The van der Waals surface area contributed by atoms with E-state index in [1.54, 1.807) is 48.7 Å². The van der Waals surface area contributed by atoms with Crippen molar-refractivity contribution in [1.82, 2.24) is 4.98 Å². The maximum Gasteiger partial charge on any atom is 0.339 e. The molecule has 4 aromatic rings. The minimum absolute atomic E-state index is 0.103. The van der Waals surface area contributed by atoms with Crippen molar-refractivity contribution in [3.63, 3.8) is 0 Å². The summed E-state index contributed by atoms with van der Waals surface area (Å²) in [5.74, 6) is 0.224. The van der Waals surface area contributed by atoms with Gasteiger partial charge in [-0.25, -0.2) is 4.98 Å². The molecular formula is C22H16ClN3O3S2. The zero-order valence-corrected chi connectivity index (χ0v) is 18.4. The quantitative estimate of drug-likeness (QED) is 0.214. The van der Waals surface area contributed by atoms with E-state index in [1.807, 2.05) is 29.6 Å². The average molecular weight is 470 g/mol. The van der Waals surface area contributed by atoms with Crippen LogP contribution in [0.2, 0.25) is 5.02 Å². The second-order valence-corrected chi connectivity index (χ2v) is 9.18. The fourth-order valence-electron chi connectivity index (χ4n) is 2.61. The number of hydrazone groups is 1. The Morgan fingerprint density at radius 1 is 0.968 bits per heavy atom. The highest BCUT2D eigenvalue weighted by molar-refractivity contribution is 7.87. The van der Waals surface area contributed by atoms with Crippen LogP contribution in [0.3, 0.4) is 0 Å². The van der Waals surface area contributed by atoms with Crippen molar-refractivity contribution >= 4 is 44.4 Å². The number of nitrogens with zero attached hydrogens (tertiary/aromatic N) is 2. The highest BCUT2D eigenvalue weighted by Crippen LogP contribution is 2.26. The largest absolute Gasteiger partial charge is 0.379 e. The van der Waals surface area contributed by atoms with Crippen molar-refractivity contribution < 1.29 is 12.6 Å². The van der Waals surface area contributed by atoms with Crippen molar-refractivity contribution in [2.75, 3.05) is 5.43 Å². The summed E-state index contributed by atoms with van der Waals surface area (Å²) in [4.78, 5) is 4.59. The number of rotatable bonds is 7. The van der Waals surface area contributed by atoms with Gasteiger partial charge in [0.15, 0.2) is 0 Å². The van der Waals surface area contributed by atoms with Crippen LogP contribution in [0.25, 0.3) is 11.3 Å². The number of anilines is 1. The van der Waals surface area contributed by atoms with Crippen molar-refractivity contribution in [1.29, 1.82) is 0 Å². The average Bonchev–Trinajstić information content (AvgIpc) is 3.25. The van der Waals surface area contributed by atoms with Gasteiger partial charge < -0.3 is 4.18 Å². The van der Waals surface area contributed by atoms with E-state index in [-0.39, 0.29) is 10.6 Å². The number of benzene rings is 3. The van der Waals surface area contributed by atoms with Crippen LogP contribution in [0.5, 0.6) is 5.75 Å². The standard InChI is InChI=1S/C22H16ClN3O3S2/c23-18-10-8-17(9-11-18)21-15-30-22(25-21)26-24-14-16-6-12-19(13-7-16)29-31(27,28)20-4-2-1-3-5-20/h1-15H,(H,25,26)/b24-14-. The van der Waals surface area contributed by atoms with E-state index < -0.39 is 10.1 Å². The molecule has 0 spiro atoms. The van der Waals surface area contributed by atoms with Crippen LogP contribution < -0.4 is 9.61 Å². The summed E-state index contributed by atoms with van der Waals surface area (Å²) < 4.78 is 29.7. The minimum atomic E-state index is -3.86. The lowest BCUT2D eigenvalue weighted by Gasteiger charge is -2.06.